The summed E-state index contributed by atoms with van der Waals surface area (Å²) in [5, 5.41) is 9.46. The van der Waals surface area contributed by atoms with Gasteiger partial charge in [0.2, 0.25) is 11.9 Å². The fourth-order valence-corrected chi connectivity index (χ4v) is 6.92. The maximum Gasteiger partial charge on any atom is 0.232 e. The maximum absolute atomic E-state index is 12.9. The molecule has 0 saturated carbocycles. The topological polar surface area (TPSA) is 88.6 Å². The van der Waals surface area contributed by atoms with Crippen LogP contribution in [-0.2, 0) is 9.53 Å². The number of hydrogen-bond donors (Lipinski definition) is 2. The second-order valence-electron chi connectivity index (χ2n) is 9.70. The third-order valence-electron chi connectivity index (χ3n) is 7.75. The van der Waals surface area contributed by atoms with Crippen molar-refractivity contribution in [1.29, 1.82) is 0 Å². The highest BCUT2D eigenvalue weighted by molar-refractivity contribution is 7.17. The van der Waals surface area contributed by atoms with E-state index in [0.717, 1.165) is 71.6 Å². The normalized spacial score (nSPS) is 25.8. The first-order valence-corrected chi connectivity index (χ1v) is 13.3. The van der Waals surface area contributed by atoms with Crippen LogP contribution in [0.1, 0.15) is 32.1 Å². The molecule has 3 saturated heterocycles. The second-order valence-corrected chi connectivity index (χ2v) is 10.6. The predicted octanol–water partition coefficient (Wildman–Crippen LogP) is 4.06. The molecule has 1 amide bonds. The number of aromatic nitrogens is 2. The summed E-state index contributed by atoms with van der Waals surface area (Å²) in [5.74, 6) is 2.08. The third kappa shape index (κ3) is 4.05. The van der Waals surface area contributed by atoms with E-state index in [1.54, 1.807) is 18.4 Å². The number of anilines is 2. The van der Waals surface area contributed by atoms with Gasteiger partial charge in [-0.1, -0.05) is 18.2 Å². The zero-order chi connectivity index (χ0) is 23.9. The molecule has 5 heterocycles. The lowest BCUT2D eigenvalue weighted by molar-refractivity contribution is -0.119. The molecule has 6 rings (SSSR count). The van der Waals surface area contributed by atoms with E-state index in [2.05, 4.69) is 27.0 Å². The highest BCUT2D eigenvalue weighted by atomic mass is 32.1. The van der Waals surface area contributed by atoms with Crippen LogP contribution in [0.4, 0.5) is 11.8 Å². The minimum atomic E-state index is -0.0427. The largest absolute Gasteiger partial charge is 0.496 e. The molecular weight excluding hydrogens is 462 g/mol. The van der Waals surface area contributed by atoms with Gasteiger partial charge >= 0.3 is 0 Å². The number of para-hydroxylation sites is 1. The van der Waals surface area contributed by atoms with Crippen LogP contribution in [0.3, 0.4) is 0 Å². The number of piperidine rings is 1. The first-order valence-electron chi connectivity index (χ1n) is 12.4. The van der Waals surface area contributed by atoms with Gasteiger partial charge in [-0.2, -0.15) is 4.98 Å². The van der Waals surface area contributed by atoms with Crippen LogP contribution < -0.4 is 20.3 Å². The lowest BCUT2D eigenvalue weighted by atomic mass is 9.98. The van der Waals surface area contributed by atoms with Gasteiger partial charge in [-0.05, 0) is 44.7 Å². The summed E-state index contributed by atoms with van der Waals surface area (Å²) in [6.07, 6.45) is 5.35. The van der Waals surface area contributed by atoms with Gasteiger partial charge in [0.25, 0.3) is 0 Å². The van der Waals surface area contributed by atoms with Crippen molar-refractivity contribution in [2.24, 2.45) is 5.92 Å². The summed E-state index contributed by atoms with van der Waals surface area (Å²) in [5.41, 5.74) is 2.10. The van der Waals surface area contributed by atoms with Crippen LogP contribution in [0.25, 0.3) is 21.3 Å². The molecule has 2 bridgehead atoms. The van der Waals surface area contributed by atoms with E-state index in [4.69, 9.17) is 19.4 Å². The van der Waals surface area contributed by atoms with Crippen molar-refractivity contribution in [2.75, 3.05) is 37.5 Å². The minimum Gasteiger partial charge on any atom is -0.496 e. The predicted molar refractivity (Wildman–Crippen MR) is 138 cm³/mol. The van der Waals surface area contributed by atoms with Crippen molar-refractivity contribution in [3.05, 3.63) is 29.6 Å². The van der Waals surface area contributed by atoms with Gasteiger partial charge in [0, 0.05) is 42.2 Å². The molecule has 8 nitrogen and oxygen atoms in total. The van der Waals surface area contributed by atoms with Crippen LogP contribution >= 0.6 is 11.3 Å². The number of thiophene rings is 1. The molecule has 0 aliphatic carbocycles. The molecule has 1 aromatic carbocycles. The summed E-state index contributed by atoms with van der Waals surface area (Å²) in [6.45, 7) is 1.57. The zero-order valence-electron chi connectivity index (χ0n) is 20.1. The van der Waals surface area contributed by atoms with Gasteiger partial charge in [-0.25, -0.2) is 4.98 Å². The Kier molecular flexibility index (Phi) is 6.07. The maximum atomic E-state index is 12.9. The Balaban J connectivity index is 1.47. The Labute approximate surface area is 209 Å². The Hall–Kier alpha value is -2.75. The van der Waals surface area contributed by atoms with Crippen LogP contribution in [0, 0.1) is 5.92 Å². The molecule has 3 unspecified atom stereocenters. The standard InChI is InChI=1S/C26H31N5O3S/c1-33-18-11-16-7-8-17(12-18)31(16)23-22-20(19-5-3-4-6-21(19)34-2)14-35-25(22)30-26(28-23)29-24(32)15-9-10-27-13-15/h3-6,14-18,27H,7-13H2,1-2H3,(H,28,29,30,32). The summed E-state index contributed by atoms with van der Waals surface area (Å²) in [6, 6.07) is 8.81. The molecule has 3 atom stereocenters. The number of hydrogen-bond acceptors (Lipinski definition) is 8. The number of carbonyl (C=O) groups excluding carboxylic acids is 1. The Bertz CT molecular complexity index is 1230. The van der Waals surface area contributed by atoms with Gasteiger partial charge in [-0.15, -0.1) is 11.3 Å². The van der Waals surface area contributed by atoms with Crippen LogP contribution in [0.15, 0.2) is 29.6 Å². The number of fused-ring (bicyclic) bond motifs is 3. The van der Waals surface area contributed by atoms with E-state index in [-0.39, 0.29) is 17.9 Å². The van der Waals surface area contributed by atoms with E-state index in [9.17, 15) is 4.79 Å². The highest BCUT2D eigenvalue weighted by Crippen LogP contribution is 2.47. The molecule has 35 heavy (non-hydrogen) atoms. The van der Waals surface area contributed by atoms with E-state index in [1.165, 1.54) is 0 Å². The fraction of sp³-hybridized carbons (Fsp3) is 0.500. The van der Waals surface area contributed by atoms with Crippen molar-refractivity contribution in [3.8, 4) is 16.9 Å². The fourth-order valence-electron chi connectivity index (χ4n) is 5.99. The van der Waals surface area contributed by atoms with E-state index < -0.39 is 0 Å². The average molecular weight is 494 g/mol. The third-order valence-corrected chi connectivity index (χ3v) is 8.62. The molecule has 3 fully saturated rings. The van der Waals surface area contributed by atoms with Crippen molar-refractivity contribution in [3.63, 3.8) is 0 Å². The van der Waals surface area contributed by atoms with E-state index >= 15 is 0 Å². The smallest absolute Gasteiger partial charge is 0.232 e. The molecule has 0 spiro atoms. The number of nitrogens with one attached hydrogen (secondary N) is 2. The van der Waals surface area contributed by atoms with Crippen molar-refractivity contribution < 1.29 is 14.3 Å². The van der Waals surface area contributed by atoms with E-state index in [0.29, 0.717) is 24.6 Å². The lowest BCUT2D eigenvalue weighted by Crippen LogP contribution is -2.46. The van der Waals surface area contributed by atoms with Crippen molar-refractivity contribution in [1.82, 2.24) is 15.3 Å². The summed E-state index contributed by atoms with van der Waals surface area (Å²) < 4.78 is 11.4. The Morgan fingerprint density at radius 3 is 2.63 bits per heavy atom. The number of ether oxygens (including phenoxy) is 2. The Morgan fingerprint density at radius 1 is 1.11 bits per heavy atom. The first kappa shape index (κ1) is 22.7. The highest BCUT2D eigenvalue weighted by Gasteiger charge is 2.43. The van der Waals surface area contributed by atoms with Crippen LogP contribution in [-0.4, -0.2) is 61.4 Å². The van der Waals surface area contributed by atoms with Gasteiger partial charge in [0.15, 0.2) is 0 Å². The minimum absolute atomic E-state index is 0.0112. The molecule has 3 aliphatic heterocycles. The molecule has 3 aromatic rings. The number of benzene rings is 1. The molecule has 2 N–H and O–H groups in total. The molecule has 9 heteroatoms. The van der Waals surface area contributed by atoms with Crippen LogP contribution in [0.2, 0.25) is 0 Å². The number of amides is 1. The number of methoxy groups -OCH3 is 2. The zero-order valence-corrected chi connectivity index (χ0v) is 20.9. The number of nitrogens with zero attached hydrogens (tertiary/aromatic N) is 3. The monoisotopic (exact) mass is 493 g/mol. The first-order chi connectivity index (χ1) is 17.2. The lowest BCUT2D eigenvalue weighted by Gasteiger charge is -2.39. The Morgan fingerprint density at radius 2 is 1.91 bits per heavy atom. The number of carbonyl (C=O) groups is 1. The van der Waals surface area contributed by atoms with Crippen LogP contribution in [0.5, 0.6) is 5.75 Å². The SMILES string of the molecule is COc1ccccc1-c1csc2nc(NC(=O)C3CCNC3)nc(N3C4CCC3CC(OC)C4)c12. The van der Waals surface area contributed by atoms with Crippen molar-refractivity contribution in [2.45, 2.75) is 50.3 Å². The van der Waals surface area contributed by atoms with Gasteiger partial charge < -0.3 is 19.7 Å². The quantitative estimate of drug-likeness (QED) is 0.535. The summed E-state index contributed by atoms with van der Waals surface area (Å²) in [4.78, 5) is 26.1. The van der Waals surface area contributed by atoms with E-state index in [1.807, 2.05) is 25.3 Å². The molecule has 0 radical (unpaired) electrons. The number of rotatable bonds is 6. The van der Waals surface area contributed by atoms with Gasteiger partial charge in [0.05, 0.1) is 24.5 Å². The molecule has 3 aliphatic rings. The summed E-state index contributed by atoms with van der Waals surface area (Å²) in [7, 11) is 3.51. The van der Waals surface area contributed by atoms with Gasteiger partial charge in [-0.3, -0.25) is 10.1 Å². The second kappa shape index (κ2) is 9.37. The molecular formula is C26H31N5O3S. The van der Waals surface area contributed by atoms with Crippen molar-refractivity contribution >= 4 is 39.2 Å². The average Bonchev–Trinajstić information content (AvgIpc) is 3.62. The molecule has 184 valence electrons. The van der Waals surface area contributed by atoms with Gasteiger partial charge in [0.1, 0.15) is 16.4 Å². The molecule has 2 aromatic heterocycles. The summed E-state index contributed by atoms with van der Waals surface area (Å²) >= 11 is 1.59.